The molecule has 1 aliphatic heterocycles. The molecule has 0 unspecified atom stereocenters. The molecule has 2 aromatic carbocycles. The zero-order valence-corrected chi connectivity index (χ0v) is 12.2. The summed E-state index contributed by atoms with van der Waals surface area (Å²) in [4.78, 5) is 11.8. The van der Waals surface area contributed by atoms with Crippen molar-refractivity contribution in [2.24, 2.45) is 0 Å². The van der Waals surface area contributed by atoms with E-state index in [4.69, 9.17) is 19.5 Å². The molecule has 0 N–H and O–H groups in total. The Balaban J connectivity index is 2.21. The summed E-state index contributed by atoms with van der Waals surface area (Å²) in [5, 5.41) is 9.16. The normalized spacial score (nSPS) is 11.9. The first-order chi connectivity index (χ1) is 10.7. The summed E-state index contributed by atoms with van der Waals surface area (Å²) in [6, 6.07) is 11.1. The maximum Gasteiger partial charge on any atom is 0.341 e. The van der Waals surface area contributed by atoms with Gasteiger partial charge in [-0.25, -0.2) is 4.79 Å². The van der Waals surface area contributed by atoms with Crippen LogP contribution in [-0.2, 0) is 4.74 Å². The van der Waals surface area contributed by atoms with E-state index in [1.165, 1.54) is 7.11 Å². The van der Waals surface area contributed by atoms with E-state index in [9.17, 15) is 4.79 Å². The summed E-state index contributed by atoms with van der Waals surface area (Å²) in [6.07, 6.45) is 0. The number of nitriles is 1. The van der Waals surface area contributed by atoms with E-state index >= 15 is 0 Å². The van der Waals surface area contributed by atoms with Gasteiger partial charge in [0.2, 0.25) is 6.79 Å². The van der Waals surface area contributed by atoms with Gasteiger partial charge in [0.1, 0.15) is 5.56 Å². The van der Waals surface area contributed by atoms with Gasteiger partial charge in [-0.3, -0.25) is 0 Å². The summed E-state index contributed by atoms with van der Waals surface area (Å²) < 4.78 is 15.7. The molecule has 1 aliphatic rings. The van der Waals surface area contributed by atoms with Gasteiger partial charge in [0.25, 0.3) is 0 Å². The van der Waals surface area contributed by atoms with Gasteiger partial charge in [0, 0.05) is 5.56 Å². The van der Waals surface area contributed by atoms with Crippen molar-refractivity contribution in [1.29, 1.82) is 5.26 Å². The lowest BCUT2D eigenvalue weighted by molar-refractivity contribution is 0.0596. The van der Waals surface area contributed by atoms with Gasteiger partial charge >= 0.3 is 5.97 Å². The minimum atomic E-state index is -0.476. The highest BCUT2D eigenvalue weighted by Crippen LogP contribution is 2.45. The van der Waals surface area contributed by atoms with E-state index in [2.05, 4.69) is 6.07 Å². The summed E-state index contributed by atoms with van der Waals surface area (Å²) >= 11 is 0. The van der Waals surface area contributed by atoms with Gasteiger partial charge in [0.15, 0.2) is 11.5 Å². The number of esters is 1. The molecule has 0 aliphatic carbocycles. The number of methoxy groups -OCH3 is 1. The molecule has 1 heterocycles. The van der Waals surface area contributed by atoms with Crippen LogP contribution in [0.5, 0.6) is 11.5 Å². The number of rotatable bonds is 2. The smallest absolute Gasteiger partial charge is 0.341 e. The molecule has 0 saturated heterocycles. The zero-order valence-electron chi connectivity index (χ0n) is 12.2. The fourth-order valence-corrected chi connectivity index (χ4v) is 2.53. The molecule has 0 radical (unpaired) electrons. The maximum absolute atomic E-state index is 11.8. The van der Waals surface area contributed by atoms with Crippen LogP contribution in [-0.4, -0.2) is 19.9 Å². The van der Waals surface area contributed by atoms with E-state index in [0.29, 0.717) is 22.6 Å². The number of fused-ring (bicyclic) bond motifs is 1. The van der Waals surface area contributed by atoms with Gasteiger partial charge in [-0.15, -0.1) is 0 Å². The van der Waals surface area contributed by atoms with Gasteiger partial charge in [-0.2, -0.15) is 5.26 Å². The van der Waals surface area contributed by atoms with E-state index in [1.807, 2.05) is 19.1 Å². The molecule has 0 amide bonds. The molecule has 2 aromatic rings. The molecule has 5 heteroatoms. The summed E-state index contributed by atoms with van der Waals surface area (Å²) in [6.45, 7) is 1.93. The molecule has 0 atom stereocenters. The monoisotopic (exact) mass is 295 g/mol. The standard InChI is InChI=1S/C17H13NO4/c1-10-11(8-18)4-3-5-12(10)13-6-7-14(17(19)20-2)16-15(13)21-9-22-16/h3-7H,9H2,1-2H3. The third kappa shape index (κ3) is 2.06. The quantitative estimate of drug-likeness (QED) is 0.796. The number of ether oxygens (including phenoxy) is 3. The molecular formula is C17H13NO4. The van der Waals surface area contributed by atoms with Crippen LogP contribution >= 0.6 is 0 Å². The van der Waals surface area contributed by atoms with Crippen LogP contribution < -0.4 is 9.47 Å². The number of hydrogen-bond acceptors (Lipinski definition) is 5. The van der Waals surface area contributed by atoms with Crippen molar-refractivity contribution >= 4 is 5.97 Å². The summed E-state index contributed by atoms with van der Waals surface area (Å²) in [5.41, 5.74) is 3.44. The van der Waals surface area contributed by atoms with Crippen LogP contribution in [0, 0.1) is 18.3 Å². The number of benzene rings is 2. The first-order valence-corrected chi connectivity index (χ1v) is 6.68. The Bertz CT molecular complexity index is 805. The van der Waals surface area contributed by atoms with Crippen LogP contribution in [0.4, 0.5) is 0 Å². The number of hydrogen-bond donors (Lipinski definition) is 0. The van der Waals surface area contributed by atoms with Crippen LogP contribution in [0.25, 0.3) is 11.1 Å². The second-order valence-corrected chi connectivity index (χ2v) is 4.81. The van der Waals surface area contributed by atoms with Crippen LogP contribution in [0.1, 0.15) is 21.5 Å². The third-order valence-corrected chi connectivity index (χ3v) is 3.67. The van der Waals surface area contributed by atoms with Crippen molar-refractivity contribution in [3.05, 3.63) is 47.0 Å². The highest BCUT2D eigenvalue weighted by atomic mass is 16.7. The van der Waals surface area contributed by atoms with Crippen molar-refractivity contribution < 1.29 is 19.0 Å². The highest BCUT2D eigenvalue weighted by molar-refractivity contribution is 5.96. The lowest BCUT2D eigenvalue weighted by atomic mass is 9.95. The predicted octanol–water partition coefficient (Wildman–Crippen LogP) is 3.05. The fourth-order valence-electron chi connectivity index (χ4n) is 2.53. The Morgan fingerprint density at radius 3 is 2.68 bits per heavy atom. The molecule has 5 nitrogen and oxygen atoms in total. The number of carbonyl (C=O) groups excluding carboxylic acids is 1. The average molecular weight is 295 g/mol. The summed E-state index contributed by atoms with van der Waals surface area (Å²) in [7, 11) is 1.32. The molecule has 22 heavy (non-hydrogen) atoms. The average Bonchev–Trinajstić information content (AvgIpc) is 3.03. The maximum atomic E-state index is 11.8. The first-order valence-electron chi connectivity index (χ1n) is 6.68. The van der Waals surface area contributed by atoms with Crippen molar-refractivity contribution in [1.82, 2.24) is 0 Å². The second kappa shape index (κ2) is 5.41. The molecule has 0 saturated carbocycles. The Labute approximate surface area is 127 Å². The van der Waals surface area contributed by atoms with E-state index < -0.39 is 5.97 Å². The van der Waals surface area contributed by atoms with Crippen molar-refractivity contribution in [3.63, 3.8) is 0 Å². The van der Waals surface area contributed by atoms with E-state index in [1.54, 1.807) is 18.2 Å². The largest absolute Gasteiger partial charge is 0.465 e. The minimum absolute atomic E-state index is 0.0489. The molecule has 0 bridgehead atoms. The SMILES string of the molecule is COC(=O)c1ccc(-c2cccc(C#N)c2C)c2c1OCO2. The Morgan fingerprint density at radius 2 is 1.95 bits per heavy atom. The summed E-state index contributed by atoms with van der Waals surface area (Å²) in [5.74, 6) is 0.406. The predicted molar refractivity (Wildman–Crippen MR) is 78.8 cm³/mol. The van der Waals surface area contributed by atoms with E-state index in [0.717, 1.165) is 16.7 Å². The van der Waals surface area contributed by atoms with Crippen LogP contribution in [0.3, 0.4) is 0 Å². The van der Waals surface area contributed by atoms with Crippen molar-refractivity contribution in [3.8, 4) is 28.7 Å². The van der Waals surface area contributed by atoms with Crippen LogP contribution in [0.2, 0.25) is 0 Å². The lowest BCUT2D eigenvalue weighted by Crippen LogP contribution is -2.03. The van der Waals surface area contributed by atoms with Gasteiger partial charge < -0.3 is 14.2 Å². The van der Waals surface area contributed by atoms with Crippen molar-refractivity contribution in [2.75, 3.05) is 13.9 Å². The van der Waals surface area contributed by atoms with Gasteiger partial charge in [-0.1, -0.05) is 12.1 Å². The third-order valence-electron chi connectivity index (χ3n) is 3.67. The Kier molecular flexibility index (Phi) is 3.43. The molecular weight excluding hydrogens is 282 g/mol. The molecule has 0 spiro atoms. The van der Waals surface area contributed by atoms with Gasteiger partial charge in [-0.05, 0) is 36.2 Å². The van der Waals surface area contributed by atoms with Gasteiger partial charge in [0.05, 0.1) is 18.7 Å². The van der Waals surface area contributed by atoms with Crippen LogP contribution in [0.15, 0.2) is 30.3 Å². The number of nitrogens with zero attached hydrogens (tertiary/aromatic N) is 1. The number of carbonyl (C=O) groups is 1. The topological polar surface area (TPSA) is 68.6 Å². The van der Waals surface area contributed by atoms with E-state index in [-0.39, 0.29) is 6.79 Å². The van der Waals surface area contributed by atoms with Crippen molar-refractivity contribution in [2.45, 2.75) is 6.92 Å². The molecule has 3 rings (SSSR count). The highest BCUT2D eigenvalue weighted by Gasteiger charge is 2.27. The lowest BCUT2D eigenvalue weighted by Gasteiger charge is -2.12. The molecule has 0 fully saturated rings. The zero-order chi connectivity index (χ0) is 15.7. The Hall–Kier alpha value is -3.00. The Morgan fingerprint density at radius 1 is 1.18 bits per heavy atom. The molecule has 110 valence electrons. The molecule has 0 aromatic heterocycles. The second-order valence-electron chi connectivity index (χ2n) is 4.81. The fraction of sp³-hybridized carbons (Fsp3) is 0.176. The minimum Gasteiger partial charge on any atom is -0.465 e. The first kappa shape index (κ1) is 14.0.